The maximum Gasteiger partial charge on any atom is 0.355 e. The number of hydrogen-bond acceptors (Lipinski definition) is 7. The Hall–Kier alpha value is -3.76. The van der Waals surface area contributed by atoms with E-state index in [1.807, 2.05) is 18.4 Å². The van der Waals surface area contributed by atoms with Crippen LogP contribution in [0, 0.1) is 0 Å². The van der Waals surface area contributed by atoms with Gasteiger partial charge in [0.2, 0.25) is 0 Å². The molecule has 1 aliphatic heterocycles. The molecule has 2 aromatic heterocycles. The zero-order valence-corrected chi connectivity index (χ0v) is 23.7. The second kappa shape index (κ2) is 13.5. The highest BCUT2D eigenvalue weighted by molar-refractivity contribution is 7.13. The Labute approximate surface area is 238 Å². The largest absolute Gasteiger partial charge is 0.493 e. The van der Waals surface area contributed by atoms with E-state index in [1.165, 1.54) is 19.5 Å². The first-order valence-electron chi connectivity index (χ1n) is 13.7. The predicted octanol–water partition coefficient (Wildman–Crippen LogP) is 4.89. The molecule has 212 valence electrons. The highest BCUT2D eigenvalue weighted by atomic mass is 32.1. The molecule has 0 bridgehead atoms. The summed E-state index contributed by atoms with van der Waals surface area (Å²) in [6.45, 7) is 2.87. The number of carbonyl (C=O) groups excluding carboxylic acids is 2. The molecular weight excluding hydrogens is 528 g/mol. The molecule has 3 heterocycles. The molecule has 2 aliphatic rings. The third-order valence-electron chi connectivity index (χ3n) is 7.08. The van der Waals surface area contributed by atoms with E-state index in [-0.39, 0.29) is 28.9 Å². The fourth-order valence-corrected chi connectivity index (χ4v) is 6.11. The van der Waals surface area contributed by atoms with Gasteiger partial charge in [-0.1, -0.05) is 26.2 Å². The molecule has 1 aliphatic carbocycles. The molecular formula is C30H36N4O5S. The van der Waals surface area contributed by atoms with Gasteiger partial charge in [0.1, 0.15) is 11.4 Å². The number of pyridine rings is 1. The number of hydrogen-bond donors (Lipinski definition) is 4. The molecule has 0 atom stereocenters. The molecule has 1 fully saturated rings. The van der Waals surface area contributed by atoms with Crippen LogP contribution in [-0.4, -0.2) is 54.1 Å². The number of ether oxygens (including phenoxy) is 1. The smallest absolute Gasteiger partial charge is 0.355 e. The van der Waals surface area contributed by atoms with Crippen LogP contribution in [0.1, 0.15) is 82.3 Å². The standard InChI is InChI=1S/C29H31N3O5S.CH5N/c1-2-12-30-28(34)23-9-8-19(25(32-23)29(35)36)20-16-24-22(26-17(10-13-37-24)11-14-38-26)15-21(20)27(33)31-18-6-4-3-5-7-18;1-2/h8-9,11,14-16,18H,2-7,10,12-13H2,1H3,(H,30,34)(H,31,33)(H,35,36);2H2,1H3. The lowest BCUT2D eigenvalue weighted by molar-refractivity contribution is 0.0690. The molecule has 1 saturated carbocycles. The van der Waals surface area contributed by atoms with Crippen LogP contribution in [0.2, 0.25) is 0 Å². The lowest BCUT2D eigenvalue weighted by atomic mass is 9.92. The maximum atomic E-state index is 13.7. The highest BCUT2D eigenvalue weighted by Gasteiger charge is 2.27. The number of nitrogens with one attached hydrogen (secondary N) is 2. The molecule has 0 saturated heterocycles. The first-order valence-corrected chi connectivity index (χ1v) is 14.6. The van der Waals surface area contributed by atoms with Crippen LogP contribution in [-0.2, 0) is 6.42 Å². The summed E-state index contributed by atoms with van der Waals surface area (Å²) in [6, 6.07) is 8.78. The maximum absolute atomic E-state index is 13.7. The zero-order chi connectivity index (χ0) is 28.6. The van der Waals surface area contributed by atoms with E-state index in [2.05, 4.69) is 27.4 Å². The third kappa shape index (κ3) is 6.34. The topological polar surface area (TPSA) is 144 Å². The lowest BCUT2D eigenvalue weighted by Crippen LogP contribution is -2.36. The summed E-state index contributed by atoms with van der Waals surface area (Å²) in [4.78, 5) is 43.8. The van der Waals surface area contributed by atoms with E-state index in [0.29, 0.717) is 30.0 Å². The van der Waals surface area contributed by atoms with Crippen molar-refractivity contribution in [3.63, 3.8) is 0 Å². The quantitative estimate of drug-likeness (QED) is 0.320. The van der Waals surface area contributed by atoms with Crippen molar-refractivity contribution in [1.82, 2.24) is 15.6 Å². The second-order valence-corrected chi connectivity index (χ2v) is 10.6. The van der Waals surface area contributed by atoms with Gasteiger partial charge in [-0.05, 0) is 67.6 Å². The van der Waals surface area contributed by atoms with Crippen molar-refractivity contribution < 1.29 is 24.2 Å². The summed E-state index contributed by atoms with van der Waals surface area (Å²) in [5, 5.41) is 18.0. The number of thiophene rings is 1. The van der Waals surface area contributed by atoms with E-state index in [9.17, 15) is 19.5 Å². The molecule has 5 rings (SSSR count). The third-order valence-corrected chi connectivity index (χ3v) is 8.07. The first-order chi connectivity index (χ1) is 19.5. The Morgan fingerprint density at radius 3 is 2.55 bits per heavy atom. The summed E-state index contributed by atoms with van der Waals surface area (Å²) in [5.74, 6) is -1.37. The van der Waals surface area contributed by atoms with Gasteiger partial charge in [-0.2, -0.15) is 0 Å². The number of rotatable bonds is 7. The van der Waals surface area contributed by atoms with Crippen LogP contribution in [0.4, 0.5) is 0 Å². The van der Waals surface area contributed by atoms with Crippen LogP contribution in [0.5, 0.6) is 5.75 Å². The molecule has 5 N–H and O–H groups in total. The van der Waals surface area contributed by atoms with Gasteiger partial charge in [0.25, 0.3) is 11.8 Å². The van der Waals surface area contributed by atoms with Gasteiger partial charge in [-0.15, -0.1) is 11.3 Å². The van der Waals surface area contributed by atoms with Gasteiger partial charge >= 0.3 is 5.97 Å². The van der Waals surface area contributed by atoms with Gasteiger partial charge in [-0.3, -0.25) is 9.59 Å². The molecule has 9 nitrogen and oxygen atoms in total. The number of nitrogens with zero attached hydrogens (tertiary/aromatic N) is 1. The summed E-state index contributed by atoms with van der Waals surface area (Å²) in [5.41, 5.74) is 7.27. The SMILES string of the molecule is CCCNC(=O)c1ccc(-c2cc3c(cc2C(=O)NC2CCCCC2)-c2sccc2CCO3)c(C(=O)O)n1.CN. The molecule has 3 aromatic rings. The summed E-state index contributed by atoms with van der Waals surface area (Å²) < 4.78 is 6.09. The fourth-order valence-electron chi connectivity index (χ4n) is 5.13. The minimum atomic E-state index is -1.28. The molecule has 0 radical (unpaired) electrons. The Morgan fingerprint density at radius 1 is 1.05 bits per heavy atom. The van der Waals surface area contributed by atoms with Crippen molar-refractivity contribution >= 4 is 29.1 Å². The van der Waals surface area contributed by atoms with Gasteiger partial charge in [0.15, 0.2) is 5.69 Å². The van der Waals surface area contributed by atoms with Crippen molar-refractivity contribution in [2.24, 2.45) is 5.73 Å². The number of aromatic nitrogens is 1. The van der Waals surface area contributed by atoms with Crippen LogP contribution < -0.4 is 21.1 Å². The number of carbonyl (C=O) groups is 3. The molecule has 0 unspecified atom stereocenters. The molecule has 1 aromatic carbocycles. The normalized spacial score (nSPS) is 14.4. The average Bonchev–Trinajstić information content (AvgIpc) is 3.38. The number of carboxylic acid groups (broad SMARTS) is 1. The van der Waals surface area contributed by atoms with Crippen molar-refractivity contribution in [3.8, 4) is 27.3 Å². The van der Waals surface area contributed by atoms with Crippen molar-refractivity contribution in [3.05, 3.63) is 58.2 Å². The summed E-state index contributed by atoms with van der Waals surface area (Å²) in [7, 11) is 1.50. The first kappa shape index (κ1) is 29.2. The van der Waals surface area contributed by atoms with E-state index >= 15 is 0 Å². The molecule has 40 heavy (non-hydrogen) atoms. The van der Waals surface area contributed by atoms with Crippen LogP contribution in [0.25, 0.3) is 21.6 Å². The van der Waals surface area contributed by atoms with Gasteiger partial charge < -0.3 is 26.2 Å². The number of benzene rings is 1. The van der Waals surface area contributed by atoms with E-state index in [1.54, 1.807) is 23.5 Å². The van der Waals surface area contributed by atoms with E-state index in [0.717, 1.165) is 54.5 Å². The number of fused-ring (bicyclic) bond motifs is 3. The minimum Gasteiger partial charge on any atom is -0.493 e. The van der Waals surface area contributed by atoms with Gasteiger partial charge in [0, 0.05) is 46.1 Å². The number of amides is 2. The molecule has 10 heteroatoms. The monoisotopic (exact) mass is 564 g/mol. The van der Waals surface area contributed by atoms with Crippen molar-refractivity contribution in [2.45, 2.75) is 57.9 Å². The Morgan fingerprint density at radius 2 is 1.82 bits per heavy atom. The van der Waals surface area contributed by atoms with Crippen LogP contribution >= 0.6 is 11.3 Å². The van der Waals surface area contributed by atoms with Gasteiger partial charge in [0.05, 0.1) is 6.61 Å². The average molecular weight is 565 g/mol. The predicted molar refractivity (Wildman–Crippen MR) is 156 cm³/mol. The Balaban J connectivity index is 0.00000181. The van der Waals surface area contributed by atoms with Crippen LogP contribution in [0.15, 0.2) is 35.7 Å². The van der Waals surface area contributed by atoms with E-state index in [4.69, 9.17) is 4.74 Å². The molecule has 0 spiro atoms. The highest BCUT2D eigenvalue weighted by Crippen LogP contribution is 2.43. The minimum absolute atomic E-state index is 0.0158. The molecule has 2 amide bonds. The van der Waals surface area contributed by atoms with E-state index < -0.39 is 11.9 Å². The summed E-state index contributed by atoms with van der Waals surface area (Å²) >= 11 is 1.60. The Kier molecular flexibility index (Phi) is 9.89. The van der Waals surface area contributed by atoms with Crippen LogP contribution in [0.3, 0.4) is 0 Å². The Bertz CT molecular complexity index is 1380. The lowest BCUT2D eigenvalue weighted by Gasteiger charge is -2.24. The fraction of sp³-hybridized carbons (Fsp3) is 0.400. The number of aromatic carboxylic acids is 1. The number of carboxylic acids is 1. The zero-order valence-electron chi connectivity index (χ0n) is 22.9. The van der Waals surface area contributed by atoms with Gasteiger partial charge in [-0.25, -0.2) is 9.78 Å². The van der Waals surface area contributed by atoms with Crippen molar-refractivity contribution in [2.75, 3.05) is 20.2 Å². The summed E-state index contributed by atoms with van der Waals surface area (Å²) in [6.07, 6.45) is 6.65. The van der Waals surface area contributed by atoms with Crippen molar-refractivity contribution in [1.29, 1.82) is 0 Å². The second-order valence-electron chi connectivity index (χ2n) is 9.73. The number of nitrogens with two attached hydrogens (primary N) is 1.